The Balaban J connectivity index is 1.28. The third-order valence-electron chi connectivity index (χ3n) is 9.63. The normalized spacial score (nSPS) is 11.8. The first kappa shape index (κ1) is 26.0. The summed E-state index contributed by atoms with van der Waals surface area (Å²) in [6.45, 7) is 0. The minimum atomic E-state index is 0.890. The van der Waals surface area contributed by atoms with Gasteiger partial charge in [-0.2, -0.15) is 0 Å². The SMILES string of the molecule is c1ccc(-c2nc3c(-c4cccc(-c5cc6ccccc6c6ccccc56)c4)cccc3c3c2ccc2oc4ccccc4c23)cc1. The quantitative estimate of drug-likeness (QED) is 0.189. The predicted octanol–water partition coefficient (Wildman–Crippen LogP) is 12.6. The zero-order valence-corrected chi connectivity index (χ0v) is 25.4. The number of hydrogen-bond donors (Lipinski definition) is 0. The fourth-order valence-corrected chi connectivity index (χ4v) is 7.53. The molecule has 0 aliphatic carbocycles. The van der Waals surface area contributed by atoms with Crippen LogP contribution < -0.4 is 0 Å². The van der Waals surface area contributed by atoms with E-state index in [2.05, 4.69) is 158 Å². The lowest BCUT2D eigenvalue weighted by Crippen LogP contribution is -1.93. The molecular formula is C45H27NO. The summed E-state index contributed by atoms with van der Waals surface area (Å²) >= 11 is 0. The van der Waals surface area contributed by atoms with Gasteiger partial charge >= 0.3 is 0 Å². The van der Waals surface area contributed by atoms with Crippen molar-refractivity contribution in [1.82, 2.24) is 4.98 Å². The van der Waals surface area contributed by atoms with Crippen molar-refractivity contribution in [3.8, 4) is 33.5 Å². The van der Waals surface area contributed by atoms with E-state index >= 15 is 0 Å². The summed E-state index contributed by atoms with van der Waals surface area (Å²) < 4.78 is 6.38. The topological polar surface area (TPSA) is 26.0 Å². The second kappa shape index (κ2) is 10.1. The van der Waals surface area contributed by atoms with Gasteiger partial charge in [-0.1, -0.05) is 133 Å². The van der Waals surface area contributed by atoms with E-state index in [1.54, 1.807) is 0 Å². The van der Waals surface area contributed by atoms with Crippen molar-refractivity contribution in [2.24, 2.45) is 0 Å². The first-order valence-corrected chi connectivity index (χ1v) is 16.1. The Morgan fingerprint density at radius 1 is 0.362 bits per heavy atom. The Morgan fingerprint density at radius 2 is 1.02 bits per heavy atom. The second-order valence-corrected chi connectivity index (χ2v) is 12.3. The van der Waals surface area contributed by atoms with Crippen molar-refractivity contribution >= 4 is 65.2 Å². The zero-order valence-electron chi connectivity index (χ0n) is 25.4. The molecule has 0 amide bonds. The summed E-state index contributed by atoms with van der Waals surface area (Å²) in [5.41, 5.74) is 9.51. The fourth-order valence-electron chi connectivity index (χ4n) is 7.53. The highest BCUT2D eigenvalue weighted by Gasteiger charge is 2.19. The van der Waals surface area contributed by atoms with Gasteiger partial charge in [0.1, 0.15) is 11.2 Å². The molecule has 2 heterocycles. The summed E-state index contributed by atoms with van der Waals surface area (Å²) in [6, 6.07) is 58.4. The highest BCUT2D eigenvalue weighted by molar-refractivity contribution is 6.29. The number of hydrogen-bond acceptors (Lipinski definition) is 2. The van der Waals surface area contributed by atoms with Crippen LogP contribution in [0.3, 0.4) is 0 Å². The van der Waals surface area contributed by atoms with Crippen molar-refractivity contribution in [3.05, 3.63) is 164 Å². The van der Waals surface area contributed by atoms with Crippen LogP contribution in [0.4, 0.5) is 0 Å². The molecule has 10 aromatic rings. The van der Waals surface area contributed by atoms with Gasteiger partial charge in [0.15, 0.2) is 0 Å². The van der Waals surface area contributed by atoms with Crippen molar-refractivity contribution in [2.45, 2.75) is 0 Å². The lowest BCUT2D eigenvalue weighted by Gasteiger charge is -2.15. The maximum absolute atomic E-state index is 6.38. The van der Waals surface area contributed by atoms with Gasteiger partial charge in [-0.05, 0) is 68.6 Å². The Morgan fingerprint density at radius 3 is 1.89 bits per heavy atom. The maximum atomic E-state index is 6.38. The molecule has 0 fully saturated rings. The van der Waals surface area contributed by atoms with Crippen LogP contribution in [0.25, 0.3) is 98.7 Å². The average Bonchev–Trinajstić information content (AvgIpc) is 3.53. The van der Waals surface area contributed by atoms with Crippen LogP contribution in [0.15, 0.2) is 168 Å². The lowest BCUT2D eigenvalue weighted by molar-refractivity contribution is 0.669. The number of rotatable bonds is 3. The molecule has 2 heteroatoms. The third kappa shape index (κ3) is 3.95. The van der Waals surface area contributed by atoms with Gasteiger partial charge < -0.3 is 4.42 Å². The summed E-state index contributed by atoms with van der Waals surface area (Å²) in [4.78, 5) is 5.48. The maximum Gasteiger partial charge on any atom is 0.136 e. The predicted molar refractivity (Wildman–Crippen MR) is 198 cm³/mol. The van der Waals surface area contributed by atoms with E-state index in [-0.39, 0.29) is 0 Å². The summed E-state index contributed by atoms with van der Waals surface area (Å²) in [6.07, 6.45) is 0. The molecule has 2 aromatic heterocycles. The molecule has 0 unspecified atom stereocenters. The number of benzene rings is 8. The molecule has 0 saturated carbocycles. The van der Waals surface area contributed by atoms with E-state index in [0.717, 1.165) is 60.6 Å². The largest absolute Gasteiger partial charge is 0.456 e. The van der Waals surface area contributed by atoms with Gasteiger partial charge in [-0.15, -0.1) is 0 Å². The molecule has 10 rings (SSSR count). The Labute approximate surface area is 271 Å². The molecule has 0 aliphatic heterocycles. The van der Waals surface area contributed by atoms with E-state index in [0.29, 0.717) is 0 Å². The molecule has 2 nitrogen and oxygen atoms in total. The van der Waals surface area contributed by atoms with E-state index < -0.39 is 0 Å². The van der Waals surface area contributed by atoms with E-state index in [1.807, 2.05) is 6.07 Å². The molecule has 0 bridgehead atoms. The molecule has 0 saturated heterocycles. The Hall–Kier alpha value is -6.25. The highest BCUT2D eigenvalue weighted by atomic mass is 16.3. The lowest BCUT2D eigenvalue weighted by atomic mass is 9.90. The van der Waals surface area contributed by atoms with Crippen LogP contribution in [-0.4, -0.2) is 4.98 Å². The third-order valence-corrected chi connectivity index (χ3v) is 9.63. The average molecular weight is 598 g/mol. The number of nitrogens with zero attached hydrogens (tertiary/aromatic N) is 1. The van der Waals surface area contributed by atoms with Crippen molar-refractivity contribution in [1.29, 1.82) is 0 Å². The smallest absolute Gasteiger partial charge is 0.136 e. The van der Waals surface area contributed by atoms with Gasteiger partial charge in [0.2, 0.25) is 0 Å². The summed E-state index contributed by atoms with van der Waals surface area (Å²) in [5.74, 6) is 0. The molecule has 0 aliphatic rings. The number of aromatic nitrogens is 1. The minimum absolute atomic E-state index is 0.890. The van der Waals surface area contributed by atoms with Crippen LogP contribution in [0, 0.1) is 0 Å². The standard InChI is InChI=1S/C45H27NO/c1-2-12-28(13-3-1)44-38-24-25-41-43(36-20-8-9-23-40(36)47-41)42(38)37-22-11-21-33(45(37)46-44)29-15-10-16-30(26-29)39-27-31-14-4-5-17-32(31)34-18-6-7-19-35(34)39/h1-27H. The number of pyridine rings is 1. The van der Waals surface area contributed by atoms with Crippen LogP contribution in [0.1, 0.15) is 0 Å². The van der Waals surface area contributed by atoms with Crippen LogP contribution in [-0.2, 0) is 0 Å². The van der Waals surface area contributed by atoms with Crippen molar-refractivity contribution in [3.63, 3.8) is 0 Å². The van der Waals surface area contributed by atoms with Gasteiger partial charge in [0.25, 0.3) is 0 Å². The van der Waals surface area contributed by atoms with E-state index in [4.69, 9.17) is 9.40 Å². The first-order chi connectivity index (χ1) is 23.3. The Kier molecular flexibility index (Phi) is 5.61. The van der Waals surface area contributed by atoms with Crippen molar-refractivity contribution < 1.29 is 4.42 Å². The van der Waals surface area contributed by atoms with Gasteiger partial charge in [-0.3, -0.25) is 0 Å². The molecular weight excluding hydrogens is 571 g/mol. The molecule has 0 atom stereocenters. The number of furan rings is 1. The van der Waals surface area contributed by atoms with Gasteiger partial charge in [0.05, 0.1) is 11.2 Å². The molecule has 0 N–H and O–H groups in total. The van der Waals surface area contributed by atoms with E-state index in [1.165, 1.54) is 38.1 Å². The van der Waals surface area contributed by atoms with Gasteiger partial charge in [-0.25, -0.2) is 4.98 Å². The second-order valence-electron chi connectivity index (χ2n) is 12.3. The summed E-state index contributed by atoms with van der Waals surface area (Å²) in [7, 11) is 0. The molecule has 47 heavy (non-hydrogen) atoms. The van der Waals surface area contributed by atoms with Crippen molar-refractivity contribution in [2.75, 3.05) is 0 Å². The van der Waals surface area contributed by atoms with Crippen LogP contribution in [0.5, 0.6) is 0 Å². The first-order valence-electron chi connectivity index (χ1n) is 16.1. The van der Waals surface area contributed by atoms with E-state index in [9.17, 15) is 0 Å². The minimum Gasteiger partial charge on any atom is -0.456 e. The molecule has 8 aromatic carbocycles. The highest BCUT2D eigenvalue weighted by Crippen LogP contribution is 2.44. The number of para-hydroxylation sites is 2. The summed E-state index contributed by atoms with van der Waals surface area (Å²) in [5, 5.41) is 10.7. The monoisotopic (exact) mass is 597 g/mol. The fraction of sp³-hybridized carbons (Fsp3) is 0. The van der Waals surface area contributed by atoms with Gasteiger partial charge in [0, 0.05) is 38.1 Å². The Bertz CT molecular complexity index is 2840. The zero-order chi connectivity index (χ0) is 30.9. The molecule has 218 valence electrons. The van der Waals surface area contributed by atoms with Crippen LogP contribution >= 0.6 is 0 Å². The molecule has 0 radical (unpaired) electrons. The van der Waals surface area contributed by atoms with Crippen LogP contribution in [0.2, 0.25) is 0 Å². The molecule has 0 spiro atoms. The number of fused-ring (bicyclic) bond motifs is 10.